The van der Waals surface area contributed by atoms with E-state index >= 15 is 0 Å². The molecule has 1 aromatic heterocycles. The van der Waals surface area contributed by atoms with Gasteiger partial charge in [-0.2, -0.15) is 0 Å². The second-order valence-corrected chi connectivity index (χ2v) is 5.33. The Hall–Kier alpha value is -1.48. The first-order valence-corrected chi connectivity index (χ1v) is 6.35. The molecule has 3 heterocycles. The predicted octanol–water partition coefficient (Wildman–Crippen LogP) is -1.89. The highest BCUT2D eigenvalue weighted by atomic mass is 16.6. The van der Waals surface area contributed by atoms with Gasteiger partial charge in [-0.3, -0.25) is 14.3 Å². The minimum atomic E-state index is -1.21. The van der Waals surface area contributed by atoms with E-state index in [1.807, 2.05) is 0 Å². The van der Waals surface area contributed by atoms with Gasteiger partial charge in [-0.25, -0.2) is 4.79 Å². The predicted molar refractivity (Wildman–Crippen MR) is 66.3 cm³/mol. The molecule has 0 saturated carbocycles. The van der Waals surface area contributed by atoms with Gasteiger partial charge in [-0.1, -0.05) is 0 Å². The van der Waals surface area contributed by atoms with Crippen molar-refractivity contribution in [3.05, 3.63) is 32.6 Å². The van der Waals surface area contributed by atoms with Gasteiger partial charge in [0.15, 0.2) is 0 Å². The van der Waals surface area contributed by atoms with Crippen molar-refractivity contribution in [1.29, 1.82) is 0 Å². The summed E-state index contributed by atoms with van der Waals surface area (Å²) in [5.74, 6) is -0.473. The third-order valence-electron chi connectivity index (χ3n) is 4.01. The highest BCUT2D eigenvalue weighted by Crippen LogP contribution is 2.44. The fraction of sp³-hybridized carbons (Fsp3) is 0.667. The molecular weight excluding hydrogens is 268 g/mol. The van der Waals surface area contributed by atoms with E-state index in [0.717, 1.165) is 0 Å². The van der Waals surface area contributed by atoms with Crippen LogP contribution in [0.2, 0.25) is 0 Å². The molecule has 3 rings (SSSR count). The summed E-state index contributed by atoms with van der Waals surface area (Å²) < 4.78 is 12.3. The Labute approximate surface area is 113 Å². The molecule has 3 N–H and O–H groups in total. The van der Waals surface area contributed by atoms with E-state index in [4.69, 9.17) is 9.47 Å². The quantitative estimate of drug-likeness (QED) is 0.585. The zero-order valence-electron chi connectivity index (χ0n) is 10.9. The number of aromatic nitrogens is 2. The van der Waals surface area contributed by atoms with Crippen molar-refractivity contribution in [3.8, 4) is 0 Å². The van der Waals surface area contributed by atoms with E-state index in [9.17, 15) is 19.8 Å². The molecule has 2 aliphatic rings. The topological polar surface area (TPSA) is 114 Å². The van der Waals surface area contributed by atoms with Crippen LogP contribution in [0.3, 0.4) is 0 Å². The number of rotatable bonds is 2. The van der Waals surface area contributed by atoms with Gasteiger partial charge in [0.25, 0.3) is 5.56 Å². The fourth-order valence-electron chi connectivity index (χ4n) is 2.82. The lowest BCUT2D eigenvalue weighted by Crippen LogP contribution is -2.52. The van der Waals surface area contributed by atoms with Crippen LogP contribution in [0, 0.1) is 12.8 Å². The maximum absolute atomic E-state index is 11.9. The van der Waals surface area contributed by atoms with Crippen molar-refractivity contribution in [2.45, 2.75) is 24.9 Å². The van der Waals surface area contributed by atoms with Crippen LogP contribution in [0.15, 0.2) is 15.8 Å². The van der Waals surface area contributed by atoms with Gasteiger partial charge < -0.3 is 19.7 Å². The molecule has 2 saturated heterocycles. The molecule has 110 valence electrons. The molecule has 2 fully saturated rings. The van der Waals surface area contributed by atoms with Crippen LogP contribution < -0.4 is 11.2 Å². The van der Waals surface area contributed by atoms with Crippen molar-refractivity contribution >= 4 is 0 Å². The minimum Gasteiger partial charge on any atom is -0.393 e. The minimum absolute atomic E-state index is 0.0642. The summed E-state index contributed by atoms with van der Waals surface area (Å²) in [5.41, 5.74) is -1.92. The van der Waals surface area contributed by atoms with Crippen LogP contribution in [-0.4, -0.2) is 51.3 Å². The van der Waals surface area contributed by atoms with Crippen molar-refractivity contribution < 1.29 is 19.7 Å². The van der Waals surface area contributed by atoms with Crippen molar-refractivity contribution in [1.82, 2.24) is 9.55 Å². The highest BCUT2D eigenvalue weighted by molar-refractivity contribution is 5.07. The fourth-order valence-corrected chi connectivity index (χ4v) is 2.82. The molecule has 0 aromatic carbocycles. The van der Waals surface area contributed by atoms with Crippen molar-refractivity contribution in [3.63, 3.8) is 0 Å². The Bertz CT molecular complexity index is 638. The summed E-state index contributed by atoms with van der Waals surface area (Å²) in [7, 11) is 0. The Balaban J connectivity index is 2.06. The number of aliphatic hydroxyl groups excluding tert-OH is 2. The Kier molecular flexibility index (Phi) is 3.05. The van der Waals surface area contributed by atoms with Gasteiger partial charge in [-0.15, -0.1) is 0 Å². The van der Waals surface area contributed by atoms with Crippen molar-refractivity contribution in [2.75, 3.05) is 19.8 Å². The van der Waals surface area contributed by atoms with Crippen LogP contribution in [-0.2, 0) is 9.47 Å². The maximum atomic E-state index is 11.9. The largest absolute Gasteiger partial charge is 0.393 e. The van der Waals surface area contributed by atoms with E-state index < -0.39 is 41.7 Å². The average molecular weight is 284 g/mol. The number of hydrogen-bond acceptors (Lipinski definition) is 6. The van der Waals surface area contributed by atoms with Crippen LogP contribution in [0.25, 0.3) is 0 Å². The lowest BCUT2D eigenvalue weighted by Gasteiger charge is -2.33. The van der Waals surface area contributed by atoms with Gasteiger partial charge in [-0.05, 0) is 6.92 Å². The van der Waals surface area contributed by atoms with Gasteiger partial charge in [0.2, 0.25) is 0 Å². The molecule has 20 heavy (non-hydrogen) atoms. The third kappa shape index (κ3) is 1.76. The summed E-state index contributed by atoms with van der Waals surface area (Å²) in [4.78, 5) is 25.5. The molecule has 4 atom stereocenters. The molecule has 0 aliphatic carbocycles. The number of ether oxygens (including phenoxy) is 2. The molecule has 1 aromatic rings. The lowest BCUT2D eigenvalue weighted by molar-refractivity contribution is -0.163. The summed E-state index contributed by atoms with van der Waals surface area (Å²) in [5, 5.41) is 19.7. The maximum Gasteiger partial charge on any atom is 0.330 e. The van der Waals surface area contributed by atoms with E-state index in [1.54, 1.807) is 6.92 Å². The summed E-state index contributed by atoms with van der Waals surface area (Å²) in [6.07, 6.45) is -0.308. The lowest BCUT2D eigenvalue weighted by atomic mass is 9.89. The van der Waals surface area contributed by atoms with Crippen LogP contribution in [0.1, 0.15) is 11.8 Å². The van der Waals surface area contributed by atoms with Crippen LogP contribution >= 0.6 is 0 Å². The van der Waals surface area contributed by atoms with Gasteiger partial charge in [0.05, 0.1) is 31.8 Å². The number of H-pyrrole nitrogens is 1. The average Bonchev–Trinajstić information content (AvgIpc) is 2.60. The first-order chi connectivity index (χ1) is 9.48. The third-order valence-corrected chi connectivity index (χ3v) is 4.01. The summed E-state index contributed by atoms with van der Waals surface area (Å²) >= 11 is 0. The molecule has 0 amide bonds. The Morgan fingerprint density at radius 2 is 2.30 bits per heavy atom. The van der Waals surface area contributed by atoms with Gasteiger partial charge in [0.1, 0.15) is 11.8 Å². The van der Waals surface area contributed by atoms with Gasteiger partial charge >= 0.3 is 5.69 Å². The molecule has 0 spiro atoms. The first kappa shape index (κ1) is 13.5. The van der Waals surface area contributed by atoms with Crippen LogP contribution in [0.4, 0.5) is 0 Å². The highest BCUT2D eigenvalue weighted by Gasteiger charge is 2.58. The van der Waals surface area contributed by atoms with E-state index in [2.05, 4.69) is 4.98 Å². The molecule has 2 aliphatic heterocycles. The summed E-state index contributed by atoms with van der Waals surface area (Å²) in [6, 6.07) is 0. The summed E-state index contributed by atoms with van der Waals surface area (Å²) in [6.45, 7) is 1.45. The normalized spacial score (nSPS) is 36.2. The number of hydrogen-bond donors (Lipinski definition) is 3. The smallest absolute Gasteiger partial charge is 0.330 e. The zero-order valence-corrected chi connectivity index (χ0v) is 10.9. The molecule has 0 radical (unpaired) electrons. The number of nitrogens with zero attached hydrogens (tertiary/aromatic N) is 1. The Morgan fingerprint density at radius 1 is 1.55 bits per heavy atom. The number of aromatic amines is 1. The van der Waals surface area contributed by atoms with E-state index in [-0.39, 0.29) is 13.2 Å². The number of nitrogens with one attached hydrogen (secondary N) is 1. The van der Waals surface area contributed by atoms with Crippen LogP contribution in [0.5, 0.6) is 0 Å². The number of aryl methyl sites for hydroxylation is 1. The SMILES string of the molecule is Cc1cn([C@@H]2O[C@@]3(CO)COC[C@@H]2[C@@H]3O)c(=O)[nH]c1=O. The second-order valence-electron chi connectivity index (χ2n) is 5.33. The van der Waals surface area contributed by atoms with E-state index in [0.29, 0.717) is 5.56 Å². The zero-order chi connectivity index (χ0) is 14.5. The first-order valence-electron chi connectivity index (χ1n) is 6.35. The van der Waals surface area contributed by atoms with Crippen molar-refractivity contribution in [2.24, 2.45) is 5.92 Å². The molecule has 8 nitrogen and oxygen atoms in total. The number of aliphatic hydroxyl groups is 2. The molecule has 8 heteroatoms. The standard InChI is InChI=1S/C12H16N2O6/c1-6-2-14(11(18)13-9(6)17)10-7-3-19-5-12(4-15,20-10)8(7)16/h2,7-8,10,15-16H,3-5H2,1H3,(H,13,17,18)/t7-,8+,10-,12+/m1/s1. The molecule has 0 unspecified atom stereocenters. The molecule has 2 bridgehead atoms. The second kappa shape index (κ2) is 4.52. The Morgan fingerprint density at radius 3 is 2.95 bits per heavy atom. The van der Waals surface area contributed by atoms with Gasteiger partial charge in [0, 0.05) is 11.8 Å². The number of fused-ring (bicyclic) bond motifs is 2. The monoisotopic (exact) mass is 284 g/mol. The van der Waals surface area contributed by atoms with E-state index in [1.165, 1.54) is 10.8 Å². The molecular formula is C12H16N2O6.